The highest BCUT2D eigenvalue weighted by Crippen LogP contribution is 2.38. The lowest BCUT2D eigenvalue weighted by Gasteiger charge is -2.19. The van der Waals surface area contributed by atoms with Gasteiger partial charge >= 0.3 is 0 Å². The Hall–Kier alpha value is -4.59. The number of terminal acetylenes is 1. The van der Waals surface area contributed by atoms with Crippen molar-refractivity contribution in [1.29, 1.82) is 0 Å². The number of benzene rings is 4. The predicted molar refractivity (Wildman–Crippen MR) is 163 cm³/mol. The molecule has 5 rings (SSSR count). The molecule has 1 aromatic heterocycles. The normalized spacial score (nSPS) is 10.2. The average molecular weight is 603 g/mol. The number of nitrogens with zero attached hydrogens (tertiary/aromatic N) is 1. The molecule has 0 atom stereocenters. The lowest BCUT2D eigenvalue weighted by Crippen LogP contribution is -3.00. The summed E-state index contributed by atoms with van der Waals surface area (Å²) in [6.07, 6.45) is 10.3. The van der Waals surface area contributed by atoms with E-state index in [1.54, 1.807) is 14.2 Å². The van der Waals surface area contributed by atoms with Crippen molar-refractivity contribution >= 4 is 11.1 Å². The van der Waals surface area contributed by atoms with Gasteiger partial charge in [-0.05, 0) is 68.8 Å². The summed E-state index contributed by atoms with van der Waals surface area (Å²) >= 11 is 0. The highest BCUT2D eigenvalue weighted by atomic mass is 79.9. The van der Waals surface area contributed by atoms with E-state index in [1.807, 2.05) is 24.3 Å². The molecule has 0 fully saturated rings. The van der Waals surface area contributed by atoms with Gasteiger partial charge in [-0.3, -0.25) is 0 Å². The van der Waals surface area contributed by atoms with E-state index in [1.165, 1.54) is 5.56 Å². The number of halogens is 1. The van der Waals surface area contributed by atoms with Gasteiger partial charge in [0, 0.05) is 12.1 Å². The van der Waals surface area contributed by atoms with E-state index in [0.717, 1.165) is 63.4 Å². The van der Waals surface area contributed by atoms with Crippen LogP contribution in [0.15, 0.2) is 128 Å². The van der Waals surface area contributed by atoms with Gasteiger partial charge in [-0.25, -0.2) is 4.57 Å². The minimum Gasteiger partial charge on any atom is -1.00 e. The lowest BCUT2D eigenvalue weighted by molar-refractivity contribution is -0.695. The summed E-state index contributed by atoms with van der Waals surface area (Å²) < 4.78 is 13.0. The molecular formula is C37H32BrNO2. The molecule has 0 aliphatic heterocycles. The smallest absolute Gasteiger partial charge is 0.169 e. The topological polar surface area (TPSA) is 22.3 Å². The number of pyridine rings is 1. The van der Waals surface area contributed by atoms with Crippen molar-refractivity contribution < 1.29 is 31.0 Å². The number of hydrogen-bond acceptors (Lipinski definition) is 2. The van der Waals surface area contributed by atoms with Gasteiger partial charge in [0.15, 0.2) is 18.9 Å². The summed E-state index contributed by atoms with van der Waals surface area (Å²) in [6, 6.07) is 40.2. The third kappa shape index (κ3) is 6.95. The summed E-state index contributed by atoms with van der Waals surface area (Å²) in [7, 11) is 3.38. The molecule has 0 aliphatic rings. The second kappa shape index (κ2) is 14.2. The van der Waals surface area contributed by atoms with Crippen molar-refractivity contribution in [2.24, 2.45) is 0 Å². The number of aryl methyl sites for hydroxylation is 1. The quantitative estimate of drug-likeness (QED) is 0.139. The van der Waals surface area contributed by atoms with E-state index in [-0.39, 0.29) is 17.0 Å². The van der Waals surface area contributed by atoms with E-state index < -0.39 is 0 Å². The fourth-order valence-corrected chi connectivity index (χ4v) is 4.85. The van der Waals surface area contributed by atoms with Crippen molar-refractivity contribution in [2.75, 3.05) is 14.2 Å². The Morgan fingerprint density at radius 3 is 1.44 bits per heavy atom. The van der Waals surface area contributed by atoms with Gasteiger partial charge in [0.05, 0.1) is 20.6 Å². The van der Waals surface area contributed by atoms with Crippen molar-refractivity contribution in [3.8, 4) is 35.0 Å². The zero-order chi connectivity index (χ0) is 27.7. The third-order valence-corrected chi connectivity index (χ3v) is 6.98. The Morgan fingerprint density at radius 1 is 0.585 bits per heavy atom. The van der Waals surface area contributed by atoms with Gasteiger partial charge in [0.1, 0.15) is 11.5 Å². The Balaban J connectivity index is 0.00000387. The largest absolute Gasteiger partial charge is 1.00 e. The molecule has 0 saturated heterocycles. The lowest BCUT2D eigenvalue weighted by atomic mass is 9.85. The van der Waals surface area contributed by atoms with Crippen LogP contribution in [0.25, 0.3) is 22.3 Å². The van der Waals surface area contributed by atoms with Crippen LogP contribution in [-0.4, -0.2) is 14.2 Å². The highest BCUT2D eigenvalue weighted by molar-refractivity contribution is 6.04. The highest BCUT2D eigenvalue weighted by Gasteiger charge is 2.17. The molecule has 0 bridgehead atoms. The molecule has 0 spiro atoms. The van der Waals surface area contributed by atoms with Crippen LogP contribution in [-0.2, 0) is 6.54 Å². The third-order valence-electron chi connectivity index (χ3n) is 6.98. The second-order valence-corrected chi connectivity index (χ2v) is 9.43. The summed E-state index contributed by atoms with van der Waals surface area (Å²) in [5.41, 5.74) is 9.11. The van der Waals surface area contributed by atoms with E-state index in [4.69, 9.17) is 15.9 Å². The molecule has 0 aliphatic carbocycles. The Kier molecular flexibility index (Phi) is 10.2. The summed E-state index contributed by atoms with van der Waals surface area (Å²) in [6.45, 7) is 0.820. The van der Waals surface area contributed by atoms with Crippen molar-refractivity contribution in [1.82, 2.24) is 0 Å². The maximum Gasteiger partial charge on any atom is 0.169 e. The Labute approximate surface area is 253 Å². The van der Waals surface area contributed by atoms with E-state index >= 15 is 0 Å². The van der Waals surface area contributed by atoms with Crippen molar-refractivity contribution in [3.05, 3.63) is 150 Å². The van der Waals surface area contributed by atoms with E-state index in [2.05, 4.69) is 114 Å². The fourth-order valence-electron chi connectivity index (χ4n) is 4.85. The SMILES string of the molecule is C#CCC[n+]1ccc(-c2ccc(C(=C(c3ccc(OC)cc3)c3ccc(OC)cc3)c3ccccc3)cc2)cc1.[Br-]. The first-order valence-electron chi connectivity index (χ1n) is 13.3. The molecule has 0 amide bonds. The molecule has 0 radical (unpaired) electrons. The molecule has 0 saturated carbocycles. The molecule has 0 N–H and O–H groups in total. The maximum atomic E-state index is 5.45. The van der Waals surface area contributed by atoms with Crippen LogP contribution >= 0.6 is 0 Å². The number of hydrogen-bond donors (Lipinski definition) is 0. The molecule has 4 heteroatoms. The number of rotatable bonds is 9. The fraction of sp³-hybridized carbons (Fsp3) is 0.108. The second-order valence-electron chi connectivity index (χ2n) is 9.43. The molecule has 204 valence electrons. The van der Waals surface area contributed by atoms with Crippen LogP contribution in [0.2, 0.25) is 0 Å². The molecular weight excluding hydrogens is 570 g/mol. The molecule has 5 aromatic rings. The van der Waals surface area contributed by atoms with Gasteiger partial charge in [0.2, 0.25) is 0 Å². The van der Waals surface area contributed by atoms with Gasteiger partial charge < -0.3 is 26.5 Å². The molecule has 4 aromatic carbocycles. The standard InChI is InChI=1S/C37H32NO2.BrH/c1-4-5-25-38-26-23-29(24-27-38)28-11-13-31(14-12-28)36(30-9-7-6-8-10-30)37(32-15-19-34(39-2)20-16-32)33-17-21-35(40-3)22-18-33;/h1,6-24,26-27H,5,25H2,2-3H3;1H/q+1;/p-1. The van der Waals surface area contributed by atoms with Crippen LogP contribution in [0.3, 0.4) is 0 Å². The summed E-state index contributed by atoms with van der Waals surface area (Å²) in [4.78, 5) is 0. The number of aromatic nitrogens is 1. The van der Waals surface area contributed by atoms with Gasteiger partial charge in [0.25, 0.3) is 0 Å². The van der Waals surface area contributed by atoms with Gasteiger partial charge in [-0.2, -0.15) is 0 Å². The van der Waals surface area contributed by atoms with Crippen LogP contribution in [0.1, 0.15) is 28.7 Å². The van der Waals surface area contributed by atoms with Crippen LogP contribution < -0.4 is 31.0 Å². The monoisotopic (exact) mass is 601 g/mol. The first kappa shape index (κ1) is 29.4. The van der Waals surface area contributed by atoms with E-state index in [0.29, 0.717) is 0 Å². The van der Waals surface area contributed by atoms with Crippen LogP contribution in [0.5, 0.6) is 11.5 Å². The van der Waals surface area contributed by atoms with Crippen molar-refractivity contribution in [2.45, 2.75) is 13.0 Å². The van der Waals surface area contributed by atoms with E-state index in [9.17, 15) is 0 Å². The van der Waals surface area contributed by atoms with Crippen molar-refractivity contribution in [3.63, 3.8) is 0 Å². The van der Waals surface area contributed by atoms with Crippen LogP contribution in [0.4, 0.5) is 0 Å². The minimum atomic E-state index is 0. The zero-order valence-electron chi connectivity index (χ0n) is 23.3. The average Bonchev–Trinajstić information content (AvgIpc) is 3.03. The number of ether oxygens (including phenoxy) is 2. The van der Waals surface area contributed by atoms with Gasteiger partial charge in [-0.15, -0.1) is 12.3 Å². The molecule has 41 heavy (non-hydrogen) atoms. The first-order valence-corrected chi connectivity index (χ1v) is 13.3. The molecule has 0 unspecified atom stereocenters. The van der Waals surface area contributed by atoms with Gasteiger partial charge in [-0.1, -0.05) is 78.9 Å². The summed E-state index contributed by atoms with van der Waals surface area (Å²) in [5, 5.41) is 0. The minimum absolute atomic E-state index is 0. The molecule has 1 heterocycles. The number of methoxy groups -OCH3 is 2. The Morgan fingerprint density at radius 2 is 1.00 bits per heavy atom. The predicted octanol–water partition coefficient (Wildman–Crippen LogP) is 4.69. The summed E-state index contributed by atoms with van der Waals surface area (Å²) in [5.74, 6) is 4.35. The van der Waals surface area contributed by atoms with Crippen LogP contribution in [0, 0.1) is 12.3 Å². The first-order chi connectivity index (χ1) is 19.7. The maximum absolute atomic E-state index is 5.45. The molecule has 3 nitrogen and oxygen atoms in total. The Bertz CT molecular complexity index is 1570. The zero-order valence-corrected chi connectivity index (χ0v) is 24.8.